The van der Waals surface area contributed by atoms with E-state index in [-0.39, 0.29) is 11.8 Å². The summed E-state index contributed by atoms with van der Waals surface area (Å²) in [5.74, 6) is 1.02. The first-order chi connectivity index (χ1) is 10.3. The van der Waals surface area contributed by atoms with E-state index in [1.807, 2.05) is 31.2 Å². The standard InChI is InChI=1S/C16H24N2O3/c1-2-20-11-12-21-15-5-3-14(4-6-15)18-16(19)13-7-9-17-10-8-13/h3-6,13,17H,2,7-12H2,1H3,(H,18,19). The summed E-state index contributed by atoms with van der Waals surface area (Å²) >= 11 is 0. The Morgan fingerprint density at radius 2 is 1.95 bits per heavy atom. The fraction of sp³-hybridized carbons (Fsp3) is 0.562. The maximum atomic E-state index is 12.1. The average molecular weight is 292 g/mol. The van der Waals surface area contributed by atoms with Gasteiger partial charge >= 0.3 is 0 Å². The van der Waals surface area contributed by atoms with Crippen molar-refractivity contribution < 1.29 is 14.3 Å². The number of carbonyl (C=O) groups is 1. The van der Waals surface area contributed by atoms with Gasteiger partial charge in [-0.2, -0.15) is 0 Å². The zero-order chi connectivity index (χ0) is 14.9. The molecule has 1 saturated heterocycles. The van der Waals surface area contributed by atoms with Crippen molar-refractivity contribution in [3.8, 4) is 5.75 Å². The van der Waals surface area contributed by atoms with Crippen molar-refractivity contribution in [2.45, 2.75) is 19.8 Å². The molecule has 1 aliphatic rings. The van der Waals surface area contributed by atoms with Crippen molar-refractivity contribution in [3.05, 3.63) is 24.3 Å². The number of hydrogen-bond donors (Lipinski definition) is 2. The summed E-state index contributed by atoms with van der Waals surface area (Å²) in [6, 6.07) is 7.47. The predicted molar refractivity (Wildman–Crippen MR) is 82.7 cm³/mol. The molecular formula is C16H24N2O3. The van der Waals surface area contributed by atoms with Crippen LogP contribution in [0.25, 0.3) is 0 Å². The molecule has 1 heterocycles. The third-order valence-corrected chi connectivity index (χ3v) is 3.53. The largest absolute Gasteiger partial charge is 0.491 e. The summed E-state index contributed by atoms with van der Waals surface area (Å²) in [5, 5.41) is 6.23. The minimum Gasteiger partial charge on any atom is -0.491 e. The van der Waals surface area contributed by atoms with E-state index in [1.165, 1.54) is 0 Å². The summed E-state index contributed by atoms with van der Waals surface area (Å²) in [5.41, 5.74) is 0.815. The van der Waals surface area contributed by atoms with Crippen molar-refractivity contribution in [2.75, 3.05) is 38.2 Å². The normalized spacial score (nSPS) is 15.7. The third kappa shape index (κ3) is 5.36. The van der Waals surface area contributed by atoms with Crippen LogP contribution in [0, 0.1) is 5.92 Å². The lowest BCUT2D eigenvalue weighted by Gasteiger charge is -2.21. The zero-order valence-corrected chi connectivity index (χ0v) is 12.6. The fourth-order valence-corrected chi connectivity index (χ4v) is 2.33. The van der Waals surface area contributed by atoms with Gasteiger partial charge in [-0.1, -0.05) is 0 Å². The van der Waals surface area contributed by atoms with E-state index in [9.17, 15) is 4.79 Å². The van der Waals surface area contributed by atoms with Gasteiger partial charge in [0, 0.05) is 18.2 Å². The number of amides is 1. The van der Waals surface area contributed by atoms with Gasteiger partial charge < -0.3 is 20.1 Å². The van der Waals surface area contributed by atoms with E-state index in [1.54, 1.807) is 0 Å². The number of benzene rings is 1. The molecule has 5 nitrogen and oxygen atoms in total. The summed E-state index contributed by atoms with van der Waals surface area (Å²) < 4.78 is 10.8. The smallest absolute Gasteiger partial charge is 0.227 e. The molecule has 1 fully saturated rings. The molecule has 5 heteroatoms. The fourth-order valence-electron chi connectivity index (χ4n) is 2.33. The first-order valence-corrected chi connectivity index (χ1v) is 7.62. The highest BCUT2D eigenvalue weighted by atomic mass is 16.5. The zero-order valence-electron chi connectivity index (χ0n) is 12.6. The topological polar surface area (TPSA) is 59.6 Å². The van der Waals surface area contributed by atoms with E-state index in [4.69, 9.17) is 9.47 Å². The molecule has 0 saturated carbocycles. The number of piperidine rings is 1. The van der Waals surface area contributed by atoms with Crippen molar-refractivity contribution in [1.82, 2.24) is 5.32 Å². The number of nitrogens with one attached hydrogen (secondary N) is 2. The second kappa shape index (κ2) is 8.64. The van der Waals surface area contributed by atoms with Gasteiger partial charge in [-0.05, 0) is 57.1 Å². The van der Waals surface area contributed by atoms with Gasteiger partial charge in [0.25, 0.3) is 0 Å². The van der Waals surface area contributed by atoms with Gasteiger partial charge in [0.15, 0.2) is 0 Å². The van der Waals surface area contributed by atoms with Gasteiger partial charge in [-0.25, -0.2) is 0 Å². The summed E-state index contributed by atoms with van der Waals surface area (Å²) in [6.45, 7) is 5.62. The Bertz CT molecular complexity index is 428. The second-order valence-electron chi connectivity index (χ2n) is 5.08. The highest BCUT2D eigenvalue weighted by Gasteiger charge is 2.20. The van der Waals surface area contributed by atoms with Gasteiger partial charge in [0.05, 0.1) is 6.61 Å². The van der Waals surface area contributed by atoms with E-state index < -0.39 is 0 Å². The number of carbonyl (C=O) groups excluding carboxylic acids is 1. The molecule has 1 amide bonds. The predicted octanol–water partition coefficient (Wildman–Crippen LogP) is 2.04. The lowest BCUT2D eigenvalue weighted by molar-refractivity contribution is -0.120. The summed E-state index contributed by atoms with van der Waals surface area (Å²) in [7, 11) is 0. The number of anilines is 1. The minimum atomic E-state index is 0.113. The van der Waals surface area contributed by atoms with Crippen molar-refractivity contribution in [1.29, 1.82) is 0 Å². The molecule has 1 aromatic rings. The summed E-state index contributed by atoms with van der Waals surface area (Å²) in [6.07, 6.45) is 1.81. The quantitative estimate of drug-likeness (QED) is 0.755. The SMILES string of the molecule is CCOCCOc1ccc(NC(=O)C2CCNCC2)cc1. The lowest BCUT2D eigenvalue weighted by Crippen LogP contribution is -2.34. The van der Waals surface area contributed by atoms with Crippen LogP contribution >= 0.6 is 0 Å². The third-order valence-electron chi connectivity index (χ3n) is 3.53. The number of ether oxygens (including phenoxy) is 2. The maximum Gasteiger partial charge on any atom is 0.227 e. The second-order valence-corrected chi connectivity index (χ2v) is 5.08. The van der Waals surface area contributed by atoms with E-state index >= 15 is 0 Å². The molecule has 1 aromatic carbocycles. The monoisotopic (exact) mass is 292 g/mol. The van der Waals surface area contributed by atoms with Crippen LogP contribution in [-0.4, -0.2) is 38.8 Å². The molecule has 1 aliphatic heterocycles. The molecule has 116 valence electrons. The van der Waals surface area contributed by atoms with Crippen LogP contribution in [0.4, 0.5) is 5.69 Å². The molecule has 0 unspecified atom stereocenters. The Hall–Kier alpha value is -1.59. The van der Waals surface area contributed by atoms with Gasteiger partial charge in [0.1, 0.15) is 12.4 Å². The Balaban J connectivity index is 1.77. The van der Waals surface area contributed by atoms with Crippen LogP contribution in [0.2, 0.25) is 0 Å². The Morgan fingerprint density at radius 3 is 2.62 bits per heavy atom. The lowest BCUT2D eigenvalue weighted by atomic mass is 9.97. The molecule has 0 aliphatic carbocycles. The molecule has 0 radical (unpaired) electrons. The van der Waals surface area contributed by atoms with Crippen molar-refractivity contribution in [2.24, 2.45) is 5.92 Å². The van der Waals surface area contributed by atoms with E-state index in [2.05, 4.69) is 10.6 Å². The first kappa shape index (κ1) is 15.8. The molecule has 0 aromatic heterocycles. The highest BCUT2D eigenvalue weighted by Crippen LogP contribution is 2.18. The highest BCUT2D eigenvalue weighted by molar-refractivity contribution is 5.92. The van der Waals surface area contributed by atoms with Gasteiger partial charge in [0.2, 0.25) is 5.91 Å². The van der Waals surface area contributed by atoms with Gasteiger partial charge in [-0.3, -0.25) is 4.79 Å². The Labute approximate surface area is 126 Å². The first-order valence-electron chi connectivity index (χ1n) is 7.62. The van der Waals surface area contributed by atoms with Crippen LogP contribution in [0.1, 0.15) is 19.8 Å². The molecule has 2 rings (SSSR count). The van der Waals surface area contributed by atoms with Crippen molar-refractivity contribution >= 4 is 11.6 Å². The maximum absolute atomic E-state index is 12.1. The van der Waals surface area contributed by atoms with Crippen LogP contribution in [0.5, 0.6) is 5.75 Å². The van der Waals surface area contributed by atoms with Crippen LogP contribution in [0.15, 0.2) is 24.3 Å². The number of hydrogen-bond acceptors (Lipinski definition) is 4. The average Bonchev–Trinajstić information content (AvgIpc) is 2.54. The molecule has 0 bridgehead atoms. The summed E-state index contributed by atoms with van der Waals surface area (Å²) in [4.78, 5) is 12.1. The molecule has 21 heavy (non-hydrogen) atoms. The Morgan fingerprint density at radius 1 is 1.24 bits per heavy atom. The van der Waals surface area contributed by atoms with Crippen LogP contribution in [-0.2, 0) is 9.53 Å². The molecule has 0 spiro atoms. The molecular weight excluding hydrogens is 268 g/mol. The van der Waals surface area contributed by atoms with Crippen molar-refractivity contribution in [3.63, 3.8) is 0 Å². The molecule has 0 atom stereocenters. The Kier molecular flexibility index (Phi) is 6.50. The van der Waals surface area contributed by atoms with Crippen LogP contribution < -0.4 is 15.4 Å². The number of rotatable bonds is 7. The van der Waals surface area contributed by atoms with Crippen LogP contribution in [0.3, 0.4) is 0 Å². The van der Waals surface area contributed by atoms with E-state index in [0.717, 1.165) is 37.4 Å². The van der Waals surface area contributed by atoms with Gasteiger partial charge in [-0.15, -0.1) is 0 Å². The minimum absolute atomic E-state index is 0.113. The molecule has 2 N–H and O–H groups in total. The van der Waals surface area contributed by atoms with E-state index in [0.29, 0.717) is 19.8 Å².